The Morgan fingerprint density at radius 3 is 2.58 bits per heavy atom. The predicted octanol–water partition coefficient (Wildman–Crippen LogP) is 3.97. The summed E-state index contributed by atoms with van der Waals surface area (Å²) >= 11 is 0. The van der Waals surface area contributed by atoms with Crippen LogP contribution in [-0.2, 0) is 5.60 Å². The number of aliphatic hydroxyl groups is 2. The molecule has 0 aromatic heterocycles. The Bertz CT molecular complexity index is 1210. The second-order valence-corrected chi connectivity index (χ2v) is 9.50. The van der Waals surface area contributed by atoms with Crippen molar-refractivity contribution in [3.8, 4) is 28.7 Å². The van der Waals surface area contributed by atoms with Crippen LogP contribution in [0.1, 0.15) is 43.1 Å². The zero-order chi connectivity index (χ0) is 26.1. The highest BCUT2D eigenvalue weighted by atomic mass is 16.6. The number of methoxy groups -OCH3 is 2. The summed E-state index contributed by atoms with van der Waals surface area (Å²) in [5, 5.41) is 21.4. The van der Waals surface area contributed by atoms with Crippen molar-refractivity contribution < 1.29 is 38.7 Å². The standard InChI is InChI=1S/C28H32O8/c1-17(7-6-11-27(2,3)30)10-12-34-18-8-9-19-21(13-18)36-25-16-35-22-15-24(33-5)23(32-4)14-20(22)28(25,31)26(19)29/h6,8-11,13-15,25,30-31H,7,12,16H2,1-5H3/b11-6+,17-10+/t25-,28+/m1/s1. The fraction of sp³-hybridized carbons (Fsp3) is 0.393. The monoisotopic (exact) mass is 496 g/mol. The molecule has 2 aromatic rings. The van der Waals surface area contributed by atoms with Crippen molar-refractivity contribution in [2.45, 2.75) is 44.5 Å². The van der Waals surface area contributed by atoms with E-state index < -0.39 is 23.1 Å². The first-order valence-electron chi connectivity index (χ1n) is 11.7. The molecule has 0 saturated carbocycles. The molecule has 0 spiro atoms. The third-order valence-electron chi connectivity index (χ3n) is 6.21. The number of hydrogen-bond acceptors (Lipinski definition) is 8. The molecule has 2 heterocycles. The highest BCUT2D eigenvalue weighted by molar-refractivity contribution is 6.07. The lowest BCUT2D eigenvalue weighted by atomic mass is 9.77. The minimum atomic E-state index is -1.93. The van der Waals surface area contributed by atoms with E-state index in [1.54, 1.807) is 50.3 Å². The van der Waals surface area contributed by atoms with Crippen LogP contribution in [0.3, 0.4) is 0 Å². The van der Waals surface area contributed by atoms with Gasteiger partial charge in [0.2, 0.25) is 5.78 Å². The molecule has 0 radical (unpaired) electrons. The molecule has 8 heteroatoms. The first kappa shape index (κ1) is 25.6. The second-order valence-electron chi connectivity index (χ2n) is 9.50. The van der Waals surface area contributed by atoms with Gasteiger partial charge in [-0.1, -0.05) is 17.7 Å². The van der Waals surface area contributed by atoms with Crippen LogP contribution >= 0.6 is 0 Å². The third-order valence-corrected chi connectivity index (χ3v) is 6.21. The van der Waals surface area contributed by atoms with Gasteiger partial charge in [0.15, 0.2) is 23.2 Å². The summed E-state index contributed by atoms with van der Waals surface area (Å²) in [5.41, 5.74) is -1.15. The minimum absolute atomic E-state index is 0.0185. The van der Waals surface area contributed by atoms with Crippen LogP contribution in [0.2, 0.25) is 0 Å². The minimum Gasteiger partial charge on any atom is -0.493 e. The van der Waals surface area contributed by atoms with Crippen LogP contribution < -0.4 is 23.7 Å². The maximum absolute atomic E-state index is 13.5. The summed E-state index contributed by atoms with van der Waals surface area (Å²) < 4.78 is 28.4. The molecule has 0 fully saturated rings. The van der Waals surface area contributed by atoms with Crippen LogP contribution in [0.5, 0.6) is 28.7 Å². The molecule has 4 rings (SSSR count). The third kappa shape index (κ3) is 4.92. The molecule has 0 saturated heterocycles. The van der Waals surface area contributed by atoms with Crippen molar-refractivity contribution in [2.24, 2.45) is 0 Å². The first-order valence-corrected chi connectivity index (χ1v) is 11.7. The molecule has 36 heavy (non-hydrogen) atoms. The molecule has 0 amide bonds. The summed E-state index contributed by atoms with van der Waals surface area (Å²) in [6.45, 7) is 5.75. The second kappa shape index (κ2) is 9.87. The molecule has 0 unspecified atom stereocenters. The van der Waals surface area contributed by atoms with E-state index in [-0.39, 0.29) is 17.7 Å². The number of carbonyl (C=O) groups excluding carboxylic acids is 1. The summed E-state index contributed by atoms with van der Waals surface area (Å²) in [6, 6.07) is 8.07. The van der Waals surface area contributed by atoms with Gasteiger partial charge in [-0.15, -0.1) is 0 Å². The average Bonchev–Trinajstić information content (AvgIpc) is 2.83. The van der Waals surface area contributed by atoms with Crippen LogP contribution in [0.4, 0.5) is 0 Å². The molecular formula is C28H32O8. The van der Waals surface area contributed by atoms with Crippen LogP contribution in [0, 0.1) is 0 Å². The van der Waals surface area contributed by atoms with Gasteiger partial charge in [0.25, 0.3) is 0 Å². The number of allylic oxidation sites excluding steroid dienone is 2. The Hall–Kier alpha value is -3.49. The lowest BCUT2D eigenvalue weighted by Crippen LogP contribution is -2.57. The fourth-order valence-electron chi connectivity index (χ4n) is 4.26. The van der Waals surface area contributed by atoms with Gasteiger partial charge in [-0.25, -0.2) is 0 Å². The molecular weight excluding hydrogens is 464 g/mol. The molecule has 192 valence electrons. The van der Waals surface area contributed by atoms with Crippen LogP contribution in [-0.4, -0.2) is 55.1 Å². The van der Waals surface area contributed by atoms with Gasteiger partial charge in [-0.2, -0.15) is 0 Å². The van der Waals surface area contributed by atoms with E-state index in [0.717, 1.165) is 5.57 Å². The van der Waals surface area contributed by atoms with E-state index in [1.807, 2.05) is 19.1 Å². The molecule has 0 aliphatic carbocycles. The van der Waals surface area contributed by atoms with E-state index in [1.165, 1.54) is 14.2 Å². The maximum atomic E-state index is 13.5. The highest BCUT2D eigenvalue weighted by Crippen LogP contribution is 2.49. The fourth-order valence-corrected chi connectivity index (χ4v) is 4.26. The maximum Gasteiger partial charge on any atom is 0.206 e. The molecule has 2 N–H and O–H groups in total. The SMILES string of the molecule is COc1cc2c(cc1OC)[C@@]1(O)C(=O)c3ccc(OC/C=C(\C)C/C=C/C(C)(C)O)cc3O[C@@H]1CO2. The number of benzene rings is 2. The molecule has 8 nitrogen and oxygen atoms in total. The summed E-state index contributed by atoms with van der Waals surface area (Å²) in [6.07, 6.45) is 5.38. The lowest BCUT2D eigenvalue weighted by Gasteiger charge is -2.43. The van der Waals surface area contributed by atoms with Crippen molar-refractivity contribution >= 4 is 5.78 Å². The van der Waals surface area contributed by atoms with Crippen molar-refractivity contribution in [3.05, 3.63) is 65.3 Å². The molecule has 0 bridgehead atoms. The van der Waals surface area contributed by atoms with Crippen LogP contribution in [0.15, 0.2) is 54.1 Å². The average molecular weight is 497 g/mol. The zero-order valence-electron chi connectivity index (χ0n) is 21.2. The summed E-state index contributed by atoms with van der Waals surface area (Å²) in [7, 11) is 2.98. The largest absolute Gasteiger partial charge is 0.493 e. The van der Waals surface area contributed by atoms with E-state index in [2.05, 4.69) is 0 Å². The topological polar surface area (TPSA) is 104 Å². The zero-order valence-corrected chi connectivity index (χ0v) is 21.2. The van der Waals surface area contributed by atoms with Gasteiger partial charge < -0.3 is 33.9 Å². The number of Topliss-reactive ketones (excluding diaryl/α,β-unsaturated/α-hetero) is 1. The number of ketones is 1. The smallest absolute Gasteiger partial charge is 0.206 e. The molecule has 2 aliphatic heterocycles. The number of ether oxygens (including phenoxy) is 5. The van der Waals surface area contributed by atoms with E-state index in [0.29, 0.717) is 41.8 Å². The van der Waals surface area contributed by atoms with Crippen molar-refractivity contribution in [1.29, 1.82) is 0 Å². The Morgan fingerprint density at radius 2 is 1.89 bits per heavy atom. The number of fused-ring (bicyclic) bond motifs is 4. The van der Waals surface area contributed by atoms with Gasteiger partial charge >= 0.3 is 0 Å². The van der Waals surface area contributed by atoms with Gasteiger partial charge in [0.05, 0.1) is 25.4 Å². The Morgan fingerprint density at radius 1 is 1.17 bits per heavy atom. The molecule has 2 aromatic carbocycles. The Kier molecular flexibility index (Phi) is 7.02. The quantitative estimate of drug-likeness (QED) is 0.529. The normalized spacial score (nSPS) is 21.1. The van der Waals surface area contributed by atoms with Gasteiger partial charge in [0.1, 0.15) is 30.5 Å². The van der Waals surface area contributed by atoms with Gasteiger partial charge in [-0.3, -0.25) is 4.79 Å². The van der Waals surface area contributed by atoms with Crippen molar-refractivity contribution in [3.63, 3.8) is 0 Å². The Balaban J connectivity index is 1.53. The van der Waals surface area contributed by atoms with Crippen molar-refractivity contribution in [1.82, 2.24) is 0 Å². The van der Waals surface area contributed by atoms with E-state index in [9.17, 15) is 15.0 Å². The van der Waals surface area contributed by atoms with Crippen LogP contribution in [0.25, 0.3) is 0 Å². The van der Waals surface area contributed by atoms with E-state index >= 15 is 0 Å². The first-order chi connectivity index (χ1) is 17.1. The predicted molar refractivity (Wildman–Crippen MR) is 133 cm³/mol. The number of rotatable bonds is 8. The molecule has 2 atom stereocenters. The summed E-state index contributed by atoms with van der Waals surface area (Å²) in [5.74, 6) is 1.52. The number of carbonyl (C=O) groups is 1. The van der Waals surface area contributed by atoms with Gasteiger partial charge in [-0.05, 0) is 51.5 Å². The lowest BCUT2D eigenvalue weighted by molar-refractivity contribution is -0.0800. The molecule has 2 aliphatic rings. The highest BCUT2D eigenvalue weighted by Gasteiger charge is 2.56. The van der Waals surface area contributed by atoms with Crippen molar-refractivity contribution in [2.75, 3.05) is 27.4 Å². The summed E-state index contributed by atoms with van der Waals surface area (Å²) in [4.78, 5) is 13.5. The van der Waals surface area contributed by atoms with E-state index in [4.69, 9.17) is 23.7 Å². The van der Waals surface area contributed by atoms with Gasteiger partial charge in [0, 0.05) is 17.7 Å². The number of hydrogen-bond donors (Lipinski definition) is 2. The Labute approximate surface area is 210 Å².